The molecule has 1 unspecified atom stereocenters. The molecule has 20 heavy (non-hydrogen) atoms. The fourth-order valence-corrected chi connectivity index (χ4v) is 3.44. The van der Waals surface area contributed by atoms with E-state index in [0.29, 0.717) is 0 Å². The van der Waals surface area contributed by atoms with Gasteiger partial charge in [-0.2, -0.15) is 0 Å². The predicted molar refractivity (Wildman–Crippen MR) is 77.4 cm³/mol. The molecule has 0 heterocycles. The number of nitrogen functional groups attached to an aromatic ring is 1. The lowest BCUT2D eigenvalue weighted by molar-refractivity contribution is 0.155. The quantitative estimate of drug-likeness (QED) is 0.531. The Morgan fingerprint density at radius 3 is 2.75 bits per heavy atom. The van der Waals surface area contributed by atoms with Gasteiger partial charge in [-0.05, 0) is 40.8 Å². The number of aliphatic hydroxyl groups excluding tert-OH is 1. The first kappa shape index (κ1) is 16.0. The van der Waals surface area contributed by atoms with Gasteiger partial charge in [0.1, 0.15) is 4.90 Å². The van der Waals surface area contributed by atoms with Gasteiger partial charge in [0, 0.05) is 6.54 Å². The maximum Gasteiger partial charge on any atom is 0.243 e. The van der Waals surface area contributed by atoms with E-state index in [1.807, 2.05) is 0 Å². The first-order chi connectivity index (χ1) is 9.24. The highest BCUT2D eigenvalue weighted by atomic mass is 79.9. The molecule has 0 bridgehead atoms. The molecule has 1 saturated carbocycles. The molecular formula is C11H13BrClFN2O3S. The predicted octanol–water partition coefficient (Wildman–Crippen LogP) is 1.87. The van der Waals surface area contributed by atoms with Crippen molar-refractivity contribution in [1.29, 1.82) is 0 Å². The largest absolute Gasteiger partial charge is 0.395 e. The lowest BCUT2D eigenvalue weighted by Crippen LogP contribution is -2.33. The number of nitrogens with two attached hydrogens (primary N) is 1. The minimum Gasteiger partial charge on any atom is -0.395 e. The van der Waals surface area contributed by atoms with Gasteiger partial charge < -0.3 is 10.8 Å². The second-order valence-corrected chi connectivity index (χ2v) is 7.59. The van der Waals surface area contributed by atoms with E-state index in [4.69, 9.17) is 17.3 Å². The molecule has 9 heteroatoms. The van der Waals surface area contributed by atoms with Gasteiger partial charge >= 0.3 is 0 Å². The van der Waals surface area contributed by atoms with Crippen molar-refractivity contribution in [3.8, 4) is 0 Å². The van der Waals surface area contributed by atoms with Gasteiger partial charge in [0.2, 0.25) is 10.0 Å². The SMILES string of the molecule is Nc1c(F)c(S(=O)(=O)NCC(O)C2CC2)cc(Cl)c1Br. The summed E-state index contributed by atoms with van der Waals surface area (Å²) in [5.41, 5.74) is 5.07. The Hall–Kier alpha value is -0.410. The van der Waals surface area contributed by atoms with Crippen molar-refractivity contribution in [3.63, 3.8) is 0 Å². The van der Waals surface area contributed by atoms with Crippen molar-refractivity contribution in [2.75, 3.05) is 12.3 Å². The summed E-state index contributed by atoms with van der Waals surface area (Å²) >= 11 is 8.75. The number of benzene rings is 1. The Labute approximate surface area is 129 Å². The van der Waals surface area contributed by atoms with Gasteiger partial charge in [-0.25, -0.2) is 17.5 Å². The smallest absolute Gasteiger partial charge is 0.243 e. The topological polar surface area (TPSA) is 92.4 Å². The van der Waals surface area contributed by atoms with Crippen LogP contribution >= 0.6 is 27.5 Å². The van der Waals surface area contributed by atoms with E-state index in [0.717, 1.165) is 18.9 Å². The highest BCUT2D eigenvalue weighted by molar-refractivity contribution is 9.10. The van der Waals surface area contributed by atoms with Gasteiger partial charge in [-0.15, -0.1) is 0 Å². The molecule has 1 fully saturated rings. The molecule has 0 amide bonds. The lowest BCUT2D eigenvalue weighted by Gasteiger charge is -2.13. The molecular weight excluding hydrogens is 375 g/mol. The van der Waals surface area contributed by atoms with Gasteiger partial charge in [0.25, 0.3) is 0 Å². The van der Waals surface area contributed by atoms with E-state index in [9.17, 15) is 17.9 Å². The normalized spacial score (nSPS) is 17.2. The Balaban J connectivity index is 2.24. The number of halogens is 3. The summed E-state index contributed by atoms with van der Waals surface area (Å²) in [6.07, 6.45) is 0.971. The fourth-order valence-electron chi connectivity index (χ4n) is 1.72. The standard InChI is InChI=1S/C11H13BrClFN2O3S/c12-9-6(13)3-8(10(14)11(9)15)20(18,19)16-4-7(17)5-1-2-5/h3,5,7,16-17H,1-2,4,15H2. The molecule has 112 valence electrons. The molecule has 1 aliphatic carbocycles. The van der Waals surface area contributed by atoms with E-state index in [-0.39, 0.29) is 27.6 Å². The number of hydrogen-bond acceptors (Lipinski definition) is 4. The van der Waals surface area contributed by atoms with Crippen molar-refractivity contribution in [2.45, 2.75) is 23.8 Å². The molecule has 0 aromatic heterocycles. The molecule has 1 aromatic carbocycles. The van der Waals surface area contributed by atoms with Crippen LogP contribution in [0.15, 0.2) is 15.4 Å². The van der Waals surface area contributed by atoms with Gasteiger partial charge in [0.05, 0.1) is 21.3 Å². The first-order valence-corrected chi connectivity index (χ1v) is 8.50. The van der Waals surface area contributed by atoms with Crippen LogP contribution in [0.1, 0.15) is 12.8 Å². The van der Waals surface area contributed by atoms with Gasteiger partial charge in [-0.3, -0.25) is 0 Å². The molecule has 2 rings (SSSR count). The van der Waals surface area contributed by atoms with Crippen molar-refractivity contribution >= 4 is 43.2 Å². The number of rotatable bonds is 5. The van der Waals surface area contributed by atoms with Crippen LogP contribution in [0.25, 0.3) is 0 Å². The summed E-state index contributed by atoms with van der Waals surface area (Å²) in [7, 11) is -4.12. The van der Waals surface area contributed by atoms with E-state index in [1.165, 1.54) is 0 Å². The molecule has 0 aliphatic heterocycles. The average molecular weight is 388 g/mol. The van der Waals surface area contributed by atoms with Crippen molar-refractivity contribution in [1.82, 2.24) is 4.72 Å². The number of anilines is 1. The fraction of sp³-hybridized carbons (Fsp3) is 0.455. The van der Waals surface area contributed by atoms with Crippen LogP contribution in [0.2, 0.25) is 5.02 Å². The summed E-state index contributed by atoms with van der Waals surface area (Å²) in [6, 6.07) is 0.975. The van der Waals surface area contributed by atoms with Crippen LogP contribution in [0.4, 0.5) is 10.1 Å². The van der Waals surface area contributed by atoms with E-state index < -0.39 is 26.8 Å². The molecule has 1 aliphatic rings. The lowest BCUT2D eigenvalue weighted by atomic mass is 10.2. The maximum atomic E-state index is 13.9. The third kappa shape index (κ3) is 3.25. The van der Waals surface area contributed by atoms with Crippen molar-refractivity contribution < 1.29 is 17.9 Å². The second kappa shape index (κ2) is 5.76. The molecule has 1 aromatic rings. The summed E-state index contributed by atoms with van der Waals surface area (Å²) in [5.74, 6) is -0.962. The highest BCUT2D eigenvalue weighted by Crippen LogP contribution is 2.35. The monoisotopic (exact) mass is 386 g/mol. The third-order valence-corrected chi connectivity index (χ3v) is 5.90. The van der Waals surface area contributed by atoms with E-state index >= 15 is 0 Å². The molecule has 0 radical (unpaired) electrons. The van der Waals surface area contributed by atoms with Crippen molar-refractivity contribution in [3.05, 3.63) is 21.4 Å². The molecule has 5 nitrogen and oxygen atoms in total. The van der Waals surface area contributed by atoms with Gasteiger partial charge in [0.15, 0.2) is 5.82 Å². The summed E-state index contributed by atoms with van der Waals surface area (Å²) in [5, 5.41) is 9.64. The van der Waals surface area contributed by atoms with E-state index in [1.54, 1.807) is 0 Å². The zero-order valence-electron chi connectivity index (χ0n) is 10.2. The molecule has 0 spiro atoms. The van der Waals surface area contributed by atoms with E-state index in [2.05, 4.69) is 20.7 Å². The Morgan fingerprint density at radius 1 is 1.60 bits per heavy atom. The first-order valence-electron chi connectivity index (χ1n) is 5.84. The highest BCUT2D eigenvalue weighted by Gasteiger charge is 2.31. The maximum absolute atomic E-state index is 13.9. The van der Waals surface area contributed by atoms with Crippen LogP contribution in [0.5, 0.6) is 0 Å². The number of aliphatic hydroxyl groups is 1. The number of sulfonamides is 1. The minimum absolute atomic E-state index is 0.00739. The molecule has 4 N–H and O–H groups in total. The van der Waals surface area contributed by atoms with Crippen molar-refractivity contribution in [2.24, 2.45) is 5.92 Å². The van der Waals surface area contributed by atoms with Crippen LogP contribution in [0, 0.1) is 11.7 Å². The summed E-state index contributed by atoms with van der Waals surface area (Å²) in [4.78, 5) is -0.633. The Morgan fingerprint density at radius 2 is 2.20 bits per heavy atom. The van der Waals surface area contributed by atoms with Crippen LogP contribution in [0.3, 0.4) is 0 Å². The third-order valence-electron chi connectivity index (χ3n) is 3.09. The minimum atomic E-state index is -4.12. The molecule has 1 atom stereocenters. The zero-order valence-corrected chi connectivity index (χ0v) is 13.4. The number of nitrogens with one attached hydrogen (secondary N) is 1. The summed E-state index contributed by atoms with van der Waals surface area (Å²) < 4.78 is 40.3. The molecule has 0 saturated heterocycles. The second-order valence-electron chi connectivity index (χ2n) is 4.65. The Bertz CT molecular complexity index is 637. The Kier molecular flexibility index (Phi) is 4.60. The van der Waals surface area contributed by atoms with Gasteiger partial charge in [-0.1, -0.05) is 11.6 Å². The zero-order chi connectivity index (χ0) is 15.1. The number of hydrogen-bond donors (Lipinski definition) is 3. The average Bonchev–Trinajstić information content (AvgIpc) is 3.22. The van der Waals surface area contributed by atoms with Crippen LogP contribution in [-0.2, 0) is 10.0 Å². The summed E-state index contributed by atoms with van der Waals surface area (Å²) in [6.45, 7) is -0.167. The van der Waals surface area contributed by atoms with Crippen LogP contribution < -0.4 is 10.5 Å². The van der Waals surface area contributed by atoms with Crippen LogP contribution in [-0.4, -0.2) is 26.2 Å².